The predicted molar refractivity (Wildman–Crippen MR) is 111 cm³/mol. The summed E-state index contributed by atoms with van der Waals surface area (Å²) in [6.45, 7) is 3.21. The average Bonchev–Trinajstić information content (AvgIpc) is 2.71. The molecule has 2 aromatic carbocycles. The van der Waals surface area contributed by atoms with Crippen molar-refractivity contribution in [1.29, 1.82) is 0 Å². The summed E-state index contributed by atoms with van der Waals surface area (Å²) in [4.78, 5) is 46.0. The second-order valence-electron chi connectivity index (χ2n) is 6.56. The Morgan fingerprint density at radius 2 is 1.87 bits per heavy atom. The minimum Gasteiger partial charge on any atom is -0.453 e. The standard InChI is InChI=1S/C21H23N3O6/c1-14(25)16-7-5-8-17(13-16)23-21(27)15(2)30-20(26)11-6-12-22-18-9-3-4-10-19(18)24(28)29/h3-5,7-10,13,15,22H,6,11-12H2,1-2H3,(H,23,27)/t15-/m1/s1. The number of carbonyl (C=O) groups excluding carboxylic acids is 3. The minimum absolute atomic E-state index is 0.0424. The highest BCUT2D eigenvalue weighted by Crippen LogP contribution is 2.23. The van der Waals surface area contributed by atoms with Crippen LogP contribution in [0.15, 0.2) is 48.5 Å². The quantitative estimate of drug-likeness (QED) is 0.200. The van der Waals surface area contributed by atoms with Gasteiger partial charge in [0.15, 0.2) is 11.9 Å². The highest BCUT2D eigenvalue weighted by Gasteiger charge is 2.18. The fourth-order valence-corrected chi connectivity index (χ4v) is 2.61. The summed E-state index contributed by atoms with van der Waals surface area (Å²) in [5.74, 6) is -1.19. The number of esters is 1. The monoisotopic (exact) mass is 413 g/mol. The zero-order valence-electron chi connectivity index (χ0n) is 16.7. The van der Waals surface area contributed by atoms with Crippen LogP contribution in [0.4, 0.5) is 17.1 Å². The van der Waals surface area contributed by atoms with Crippen LogP contribution in [-0.2, 0) is 14.3 Å². The van der Waals surface area contributed by atoms with E-state index in [1.165, 1.54) is 19.9 Å². The third-order valence-electron chi connectivity index (χ3n) is 4.19. The lowest BCUT2D eigenvalue weighted by Gasteiger charge is -2.14. The largest absolute Gasteiger partial charge is 0.453 e. The van der Waals surface area contributed by atoms with E-state index in [1.54, 1.807) is 42.5 Å². The summed E-state index contributed by atoms with van der Waals surface area (Å²) in [7, 11) is 0. The van der Waals surface area contributed by atoms with E-state index < -0.39 is 22.9 Å². The third-order valence-corrected chi connectivity index (χ3v) is 4.19. The molecule has 0 aliphatic carbocycles. The summed E-state index contributed by atoms with van der Waals surface area (Å²) in [6, 6.07) is 12.7. The van der Waals surface area contributed by atoms with E-state index >= 15 is 0 Å². The molecule has 0 heterocycles. The van der Waals surface area contributed by atoms with Crippen molar-refractivity contribution >= 4 is 34.7 Å². The third kappa shape index (κ3) is 6.69. The predicted octanol–water partition coefficient (Wildman–Crippen LogP) is 3.56. The molecule has 0 bridgehead atoms. The molecule has 0 fully saturated rings. The molecule has 2 rings (SSSR count). The maximum absolute atomic E-state index is 12.2. The Bertz CT molecular complexity index is 944. The van der Waals surface area contributed by atoms with Crippen molar-refractivity contribution in [3.63, 3.8) is 0 Å². The van der Waals surface area contributed by atoms with Gasteiger partial charge in [-0.2, -0.15) is 0 Å². The Hall–Kier alpha value is -3.75. The number of ether oxygens (including phenoxy) is 1. The van der Waals surface area contributed by atoms with Gasteiger partial charge in [0, 0.05) is 30.3 Å². The highest BCUT2D eigenvalue weighted by molar-refractivity contribution is 5.98. The van der Waals surface area contributed by atoms with E-state index in [0.717, 1.165) is 0 Å². The van der Waals surface area contributed by atoms with Gasteiger partial charge in [-0.05, 0) is 38.5 Å². The first-order valence-corrected chi connectivity index (χ1v) is 9.36. The number of nitro groups is 1. The normalized spacial score (nSPS) is 11.3. The molecular weight excluding hydrogens is 390 g/mol. The van der Waals surface area contributed by atoms with Crippen molar-refractivity contribution in [2.45, 2.75) is 32.8 Å². The van der Waals surface area contributed by atoms with Crippen LogP contribution in [0.1, 0.15) is 37.0 Å². The zero-order valence-corrected chi connectivity index (χ0v) is 16.7. The fourth-order valence-electron chi connectivity index (χ4n) is 2.61. The number of hydrogen-bond acceptors (Lipinski definition) is 7. The maximum atomic E-state index is 12.2. The number of hydrogen-bond donors (Lipinski definition) is 2. The van der Waals surface area contributed by atoms with E-state index in [4.69, 9.17) is 4.74 Å². The lowest BCUT2D eigenvalue weighted by atomic mass is 10.1. The molecule has 30 heavy (non-hydrogen) atoms. The van der Waals surface area contributed by atoms with Crippen molar-refractivity contribution in [2.75, 3.05) is 17.2 Å². The number of Topliss-reactive ketones (excluding diaryl/α,β-unsaturated/α-hetero) is 1. The summed E-state index contributed by atoms with van der Waals surface area (Å²) < 4.78 is 5.12. The van der Waals surface area contributed by atoms with Gasteiger partial charge < -0.3 is 15.4 Å². The molecule has 0 unspecified atom stereocenters. The molecule has 1 amide bonds. The van der Waals surface area contributed by atoms with Gasteiger partial charge in [-0.3, -0.25) is 24.5 Å². The first-order chi connectivity index (χ1) is 14.3. The smallest absolute Gasteiger partial charge is 0.306 e. The van der Waals surface area contributed by atoms with E-state index in [9.17, 15) is 24.5 Å². The van der Waals surface area contributed by atoms with Crippen molar-refractivity contribution in [1.82, 2.24) is 0 Å². The average molecular weight is 413 g/mol. The number of nitrogens with zero attached hydrogens (tertiary/aromatic N) is 1. The van der Waals surface area contributed by atoms with Crippen LogP contribution in [0.3, 0.4) is 0 Å². The van der Waals surface area contributed by atoms with Crippen LogP contribution in [0.25, 0.3) is 0 Å². The molecule has 2 aromatic rings. The lowest BCUT2D eigenvalue weighted by Crippen LogP contribution is -2.30. The minimum atomic E-state index is -1.01. The molecule has 2 N–H and O–H groups in total. The molecule has 9 nitrogen and oxygen atoms in total. The van der Waals surface area contributed by atoms with Crippen molar-refractivity contribution in [2.24, 2.45) is 0 Å². The first-order valence-electron chi connectivity index (χ1n) is 9.36. The van der Waals surface area contributed by atoms with E-state index in [0.29, 0.717) is 29.9 Å². The van der Waals surface area contributed by atoms with Crippen LogP contribution in [0.5, 0.6) is 0 Å². The number of ketones is 1. The van der Waals surface area contributed by atoms with Gasteiger partial charge in [0.05, 0.1) is 4.92 Å². The number of nitrogens with one attached hydrogen (secondary N) is 2. The second-order valence-corrected chi connectivity index (χ2v) is 6.56. The molecule has 0 aromatic heterocycles. The topological polar surface area (TPSA) is 128 Å². The van der Waals surface area contributed by atoms with Crippen LogP contribution in [0.2, 0.25) is 0 Å². The van der Waals surface area contributed by atoms with Gasteiger partial charge in [0.1, 0.15) is 5.69 Å². The SMILES string of the molecule is CC(=O)c1cccc(NC(=O)[C@@H](C)OC(=O)CCCNc2ccccc2[N+](=O)[O-])c1. The Morgan fingerprint density at radius 1 is 1.13 bits per heavy atom. The van der Waals surface area contributed by atoms with Gasteiger partial charge in [-0.15, -0.1) is 0 Å². The highest BCUT2D eigenvalue weighted by atomic mass is 16.6. The summed E-state index contributed by atoms with van der Waals surface area (Å²) in [5, 5.41) is 16.5. The summed E-state index contributed by atoms with van der Waals surface area (Å²) >= 11 is 0. The fraction of sp³-hybridized carbons (Fsp3) is 0.286. The molecular formula is C21H23N3O6. The lowest BCUT2D eigenvalue weighted by molar-refractivity contribution is -0.384. The number of rotatable bonds is 10. The van der Waals surface area contributed by atoms with Gasteiger partial charge in [-0.1, -0.05) is 24.3 Å². The first kappa shape index (κ1) is 22.5. The molecule has 0 saturated heterocycles. The van der Waals surface area contributed by atoms with Crippen LogP contribution in [0, 0.1) is 10.1 Å². The molecule has 158 valence electrons. The number of para-hydroxylation sites is 2. The van der Waals surface area contributed by atoms with E-state index in [2.05, 4.69) is 10.6 Å². The van der Waals surface area contributed by atoms with Gasteiger partial charge in [0.25, 0.3) is 11.6 Å². The summed E-state index contributed by atoms with van der Waals surface area (Å²) in [5.41, 5.74) is 1.23. The number of anilines is 2. The molecule has 0 radical (unpaired) electrons. The van der Waals surface area contributed by atoms with E-state index in [-0.39, 0.29) is 17.9 Å². The summed E-state index contributed by atoms with van der Waals surface area (Å²) in [6.07, 6.45) is -0.591. The van der Waals surface area contributed by atoms with Crippen molar-refractivity contribution in [3.05, 3.63) is 64.2 Å². The van der Waals surface area contributed by atoms with Crippen molar-refractivity contribution < 1.29 is 24.0 Å². The van der Waals surface area contributed by atoms with Gasteiger partial charge >= 0.3 is 5.97 Å². The molecule has 0 saturated carbocycles. The number of amides is 1. The van der Waals surface area contributed by atoms with Crippen LogP contribution >= 0.6 is 0 Å². The van der Waals surface area contributed by atoms with Gasteiger partial charge in [-0.25, -0.2) is 0 Å². The number of benzene rings is 2. The van der Waals surface area contributed by atoms with Crippen LogP contribution < -0.4 is 10.6 Å². The molecule has 0 aliphatic heterocycles. The Balaban J connectivity index is 1.76. The Labute approximate surface area is 173 Å². The van der Waals surface area contributed by atoms with E-state index in [1.807, 2.05) is 0 Å². The molecule has 0 aliphatic rings. The molecule has 0 spiro atoms. The van der Waals surface area contributed by atoms with Crippen molar-refractivity contribution in [3.8, 4) is 0 Å². The Morgan fingerprint density at radius 3 is 2.57 bits per heavy atom. The number of carbonyl (C=O) groups is 3. The molecule has 9 heteroatoms. The Kier molecular flexibility index (Phi) is 8.04. The molecule has 1 atom stereocenters. The van der Waals surface area contributed by atoms with Gasteiger partial charge in [0.2, 0.25) is 0 Å². The second kappa shape index (κ2) is 10.7. The zero-order chi connectivity index (χ0) is 22.1. The number of nitro benzene ring substituents is 1. The van der Waals surface area contributed by atoms with Crippen LogP contribution in [-0.4, -0.2) is 35.2 Å². The maximum Gasteiger partial charge on any atom is 0.306 e.